The number of hydrogen-bond acceptors (Lipinski definition) is 2. The third-order valence-electron chi connectivity index (χ3n) is 2.28. The van der Waals surface area contributed by atoms with Crippen LogP contribution in [0.3, 0.4) is 0 Å². The van der Waals surface area contributed by atoms with E-state index < -0.39 is 17.7 Å². The van der Waals surface area contributed by atoms with Crippen molar-refractivity contribution in [3.8, 4) is 0 Å². The molecule has 0 radical (unpaired) electrons. The summed E-state index contributed by atoms with van der Waals surface area (Å²) in [6.07, 6.45) is -3.12. The predicted octanol–water partition coefficient (Wildman–Crippen LogP) is 3.80. The lowest BCUT2D eigenvalue weighted by atomic mass is 10.2. The molecule has 1 aromatic carbocycles. The van der Waals surface area contributed by atoms with Crippen LogP contribution in [0.5, 0.6) is 0 Å². The van der Waals surface area contributed by atoms with Crippen molar-refractivity contribution < 1.29 is 23.1 Å². The zero-order chi connectivity index (χ0) is 14.6. The van der Waals surface area contributed by atoms with Crippen LogP contribution in [0.15, 0.2) is 29.8 Å². The molecular weight excluding hydrogens is 283 g/mol. The second kappa shape index (κ2) is 5.97. The first kappa shape index (κ1) is 15.4. The molecule has 0 aliphatic heterocycles. The maximum absolute atomic E-state index is 12.5. The van der Waals surface area contributed by atoms with Crippen LogP contribution >= 0.6 is 11.6 Å². The van der Waals surface area contributed by atoms with Gasteiger partial charge in [-0.05, 0) is 25.1 Å². The lowest BCUT2D eigenvalue weighted by molar-refractivity contribution is -0.137. The zero-order valence-electron chi connectivity index (χ0n) is 9.88. The standard InChI is InChI=1S/C12H11ClF3NO2/c1-7(11(18)19)2-3-17-10-5-8(12(14,15)16)4-9(13)6-10/h2,4-6,17H,3H2,1H3,(H,18,19)/b7-2-. The van der Waals surface area contributed by atoms with Crippen molar-refractivity contribution >= 4 is 23.3 Å². The van der Waals surface area contributed by atoms with Gasteiger partial charge in [0.1, 0.15) is 0 Å². The van der Waals surface area contributed by atoms with Crippen LogP contribution in [-0.4, -0.2) is 17.6 Å². The Morgan fingerprint density at radius 3 is 2.58 bits per heavy atom. The Labute approximate surface area is 112 Å². The van der Waals surface area contributed by atoms with Gasteiger partial charge < -0.3 is 10.4 Å². The van der Waals surface area contributed by atoms with Gasteiger partial charge >= 0.3 is 12.1 Å². The molecular formula is C12H11ClF3NO2. The second-order valence-electron chi connectivity index (χ2n) is 3.80. The van der Waals surface area contributed by atoms with E-state index in [1.54, 1.807) is 0 Å². The van der Waals surface area contributed by atoms with Gasteiger partial charge in [-0.15, -0.1) is 0 Å². The molecule has 19 heavy (non-hydrogen) atoms. The lowest BCUT2D eigenvalue weighted by Gasteiger charge is -2.10. The minimum atomic E-state index is -4.48. The highest BCUT2D eigenvalue weighted by molar-refractivity contribution is 6.30. The average molecular weight is 294 g/mol. The summed E-state index contributed by atoms with van der Waals surface area (Å²) >= 11 is 5.60. The van der Waals surface area contributed by atoms with Gasteiger partial charge in [-0.1, -0.05) is 17.7 Å². The van der Waals surface area contributed by atoms with E-state index in [2.05, 4.69) is 5.32 Å². The molecule has 104 valence electrons. The van der Waals surface area contributed by atoms with Gasteiger partial charge in [0.15, 0.2) is 0 Å². The summed E-state index contributed by atoms with van der Waals surface area (Å²) in [5.74, 6) is -1.08. The molecule has 0 bridgehead atoms. The van der Waals surface area contributed by atoms with Crippen LogP contribution in [0.2, 0.25) is 5.02 Å². The number of aliphatic carboxylic acids is 1. The average Bonchev–Trinajstić information content (AvgIpc) is 2.26. The van der Waals surface area contributed by atoms with Crippen LogP contribution < -0.4 is 5.32 Å². The summed E-state index contributed by atoms with van der Waals surface area (Å²) in [6.45, 7) is 1.49. The largest absolute Gasteiger partial charge is 0.478 e. The molecule has 0 aliphatic carbocycles. The third-order valence-corrected chi connectivity index (χ3v) is 2.50. The summed E-state index contributed by atoms with van der Waals surface area (Å²) < 4.78 is 37.6. The monoisotopic (exact) mass is 293 g/mol. The zero-order valence-corrected chi connectivity index (χ0v) is 10.6. The molecule has 0 fully saturated rings. The van der Waals surface area contributed by atoms with E-state index in [4.69, 9.17) is 16.7 Å². The number of hydrogen-bond donors (Lipinski definition) is 2. The molecule has 0 atom stereocenters. The van der Waals surface area contributed by atoms with Gasteiger partial charge in [-0.3, -0.25) is 0 Å². The summed E-state index contributed by atoms with van der Waals surface area (Å²) in [5, 5.41) is 11.2. The number of carboxylic acids is 1. The molecule has 0 unspecified atom stereocenters. The van der Waals surface area contributed by atoms with Crippen LogP contribution in [0.25, 0.3) is 0 Å². The van der Waals surface area contributed by atoms with Crippen LogP contribution in [0.1, 0.15) is 12.5 Å². The van der Waals surface area contributed by atoms with Crippen molar-refractivity contribution in [1.82, 2.24) is 0 Å². The summed E-state index contributed by atoms with van der Waals surface area (Å²) in [4.78, 5) is 10.5. The predicted molar refractivity (Wildman–Crippen MR) is 66.3 cm³/mol. The Morgan fingerprint density at radius 1 is 1.42 bits per heavy atom. The Hall–Kier alpha value is -1.69. The van der Waals surface area contributed by atoms with Crippen molar-refractivity contribution in [1.29, 1.82) is 0 Å². The highest BCUT2D eigenvalue weighted by atomic mass is 35.5. The molecule has 0 amide bonds. The van der Waals surface area contributed by atoms with Crippen LogP contribution in [0.4, 0.5) is 18.9 Å². The van der Waals surface area contributed by atoms with E-state index >= 15 is 0 Å². The Bertz CT molecular complexity index is 512. The maximum atomic E-state index is 12.5. The van der Waals surface area contributed by atoms with Crippen LogP contribution in [-0.2, 0) is 11.0 Å². The fraction of sp³-hybridized carbons (Fsp3) is 0.250. The molecule has 0 heterocycles. The van der Waals surface area contributed by atoms with E-state index in [1.807, 2.05) is 0 Å². The van der Waals surface area contributed by atoms with Crippen molar-refractivity contribution in [3.63, 3.8) is 0 Å². The molecule has 2 N–H and O–H groups in total. The molecule has 0 spiro atoms. The fourth-order valence-corrected chi connectivity index (χ4v) is 1.50. The lowest BCUT2D eigenvalue weighted by Crippen LogP contribution is -2.07. The van der Waals surface area contributed by atoms with E-state index in [0.29, 0.717) is 0 Å². The number of nitrogens with one attached hydrogen (secondary N) is 1. The first-order chi connectivity index (χ1) is 8.70. The molecule has 1 rings (SSSR count). The minimum Gasteiger partial charge on any atom is -0.478 e. The topological polar surface area (TPSA) is 49.3 Å². The van der Waals surface area contributed by atoms with E-state index in [9.17, 15) is 18.0 Å². The van der Waals surface area contributed by atoms with Crippen molar-refractivity contribution in [3.05, 3.63) is 40.4 Å². The van der Waals surface area contributed by atoms with Crippen LogP contribution in [0, 0.1) is 0 Å². The summed E-state index contributed by atoms with van der Waals surface area (Å²) in [6, 6.07) is 3.07. The third kappa shape index (κ3) is 4.82. The Kier molecular flexibility index (Phi) is 4.83. The van der Waals surface area contributed by atoms with Gasteiger partial charge in [0.05, 0.1) is 5.56 Å². The van der Waals surface area contributed by atoms with E-state index in [1.165, 1.54) is 19.1 Å². The smallest absolute Gasteiger partial charge is 0.416 e. The van der Waals surface area contributed by atoms with E-state index in [0.717, 1.165) is 12.1 Å². The molecule has 7 heteroatoms. The number of carbonyl (C=O) groups is 1. The molecule has 0 aromatic heterocycles. The fourth-order valence-electron chi connectivity index (χ4n) is 1.26. The maximum Gasteiger partial charge on any atom is 0.416 e. The number of carboxylic acid groups (broad SMARTS) is 1. The molecule has 0 aliphatic rings. The summed E-state index contributed by atoms with van der Waals surface area (Å²) in [7, 11) is 0. The summed E-state index contributed by atoms with van der Waals surface area (Å²) in [5.41, 5.74) is -0.582. The number of benzene rings is 1. The van der Waals surface area contributed by atoms with E-state index in [-0.39, 0.29) is 22.8 Å². The number of anilines is 1. The van der Waals surface area contributed by atoms with Gasteiger partial charge in [-0.2, -0.15) is 13.2 Å². The number of halogens is 4. The first-order valence-electron chi connectivity index (χ1n) is 5.22. The molecule has 0 saturated heterocycles. The van der Waals surface area contributed by atoms with Gasteiger partial charge in [0.2, 0.25) is 0 Å². The van der Waals surface area contributed by atoms with Gasteiger partial charge in [0, 0.05) is 22.8 Å². The number of alkyl halides is 3. The molecule has 0 saturated carbocycles. The highest BCUT2D eigenvalue weighted by Crippen LogP contribution is 2.33. The minimum absolute atomic E-state index is 0.0451. The van der Waals surface area contributed by atoms with Gasteiger partial charge in [-0.25, -0.2) is 4.79 Å². The quantitative estimate of drug-likeness (QED) is 0.830. The molecule has 3 nitrogen and oxygen atoms in total. The second-order valence-corrected chi connectivity index (χ2v) is 4.24. The van der Waals surface area contributed by atoms with Crippen molar-refractivity contribution in [2.75, 3.05) is 11.9 Å². The SMILES string of the molecule is C/C(=C/CNc1cc(Cl)cc(C(F)(F)F)c1)C(=O)O. The highest BCUT2D eigenvalue weighted by Gasteiger charge is 2.31. The Morgan fingerprint density at radius 2 is 2.05 bits per heavy atom. The Balaban J connectivity index is 2.83. The normalized spacial score (nSPS) is 12.4. The van der Waals surface area contributed by atoms with Gasteiger partial charge in [0.25, 0.3) is 0 Å². The number of rotatable bonds is 4. The van der Waals surface area contributed by atoms with Crippen molar-refractivity contribution in [2.24, 2.45) is 0 Å². The first-order valence-corrected chi connectivity index (χ1v) is 5.59. The molecule has 1 aromatic rings. The van der Waals surface area contributed by atoms with Crippen molar-refractivity contribution in [2.45, 2.75) is 13.1 Å².